The summed E-state index contributed by atoms with van der Waals surface area (Å²) in [6, 6.07) is 7.18. The average Bonchev–Trinajstić information content (AvgIpc) is 2.80. The third-order valence-electron chi connectivity index (χ3n) is 2.89. The van der Waals surface area contributed by atoms with Gasteiger partial charge in [-0.05, 0) is 19.1 Å². The van der Waals surface area contributed by atoms with Crippen molar-refractivity contribution in [2.24, 2.45) is 0 Å². The summed E-state index contributed by atoms with van der Waals surface area (Å²) in [5, 5.41) is 14.4. The number of aryl methyl sites for hydroxylation is 1. The summed E-state index contributed by atoms with van der Waals surface area (Å²) in [4.78, 5) is 28.2. The van der Waals surface area contributed by atoms with Crippen LogP contribution in [0.25, 0.3) is 10.6 Å². The molecule has 1 heterocycles. The number of rotatable bonds is 5. The number of nitrogens with zero attached hydrogens (tertiary/aromatic N) is 1. The zero-order valence-electron chi connectivity index (χ0n) is 12.6. The van der Waals surface area contributed by atoms with Gasteiger partial charge in [0, 0.05) is 11.3 Å². The molecule has 0 radical (unpaired) electrons. The van der Waals surface area contributed by atoms with Crippen LogP contribution in [0, 0.1) is 6.92 Å². The molecule has 2 rings (SSSR count). The number of anilines is 1. The number of aromatic carboxylic acids is 1. The summed E-state index contributed by atoms with van der Waals surface area (Å²) in [5.41, 5.74) is 1.85. The summed E-state index contributed by atoms with van der Waals surface area (Å²) in [6.45, 7) is 2.01. The number of benzene rings is 1. The minimum absolute atomic E-state index is 0.0807. The molecule has 0 spiro atoms. The van der Waals surface area contributed by atoms with Gasteiger partial charge in [-0.15, -0.1) is 11.3 Å². The summed E-state index contributed by atoms with van der Waals surface area (Å²) in [7, 11) is 3.80. The van der Waals surface area contributed by atoms with E-state index in [0.29, 0.717) is 22.9 Å². The highest BCUT2D eigenvalue weighted by Gasteiger charge is 2.12. The van der Waals surface area contributed by atoms with Crippen LogP contribution in [-0.2, 0) is 4.79 Å². The van der Waals surface area contributed by atoms with E-state index in [4.69, 9.17) is 0 Å². The van der Waals surface area contributed by atoms with E-state index in [1.54, 1.807) is 25.1 Å². The van der Waals surface area contributed by atoms with E-state index in [2.05, 4.69) is 10.3 Å². The number of carboxylic acids is 1. The minimum Gasteiger partial charge on any atom is -0.544 e. The average molecular weight is 319 g/mol. The number of hydrogen-bond acceptors (Lipinski definition) is 5. The molecule has 22 heavy (non-hydrogen) atoms. The maximum atomic E-state index is 11.8. The van der Waals surface area contributed by atoms with Crippen LogP contribution in [0.5, 0.6) is 0 Å². The molecular formula is C15H17N3O3S. The Balaban J connectivity index is 2.23. The zero-order chi connectivity index (χ0) is 16.3. The number of likely N-dealkylation sites (N-methyl/N-ethyl adjacent to an activating group) is 1. The quantitative estimate of drug-likeness (QED) is 0.783. The Hall–Kier alpha value is -2.25. The first-order valence-electron chi connectivity index (χ1n) is 6.75. The van der Waals surface area contributed by atoms with Gasteiger partial charge in [0.2, 0.25) is 0 Å². The van der Waals surface area contributed by atoms with Gasteiger partial charge in [0.1, 0.15) is 5.01 Å². The maximum Gasteiger partial charge on any atom is 0.279 e. The van der Waals surface area contributed by atoms with Gasteiger partial charge in [-0.2, -0.15) is 0 Å². The molecule has 0 saturated heterocycles. The largest absolute Gasteiger partial charge is 0.544 e. The van der Waals surface area contributed by atoms with E-state index >= 15 is 0 Å². The Kier molecular flexibility index (Phi) is 4.89. The van der Waals surface area contributed by atoms with Crippen LogP contribution >= 0.6 is 11.3 Å². The Morgan fingerprint density at radius 3 is 2.68 bits per heavy atom. The number of quaternary nitrogens is 1. The Bertz CT molecular complexity index is 710. The van der Waals surface area contributed by atoms with E-state index in [-0.39, 0.29) is 10.8 Å². The molecule has 0 atom stereocenters. The van der Waals surface area contributed by atoms with Crippen molar-refractivity contribution in [2.45, 2.75) is 6.92 Å². The second-order valence-corrected chi connectivity index (χ2v) is 6.23. The van der Waals surface area contributed by atoms with Gasteiger partial charge in [0.25, 0.3) is 5.91 Å². The lowest BCUT2D eigenvalue weighted by Crippen LogP contribution is -3.06. The zero-order valence-corrected chi connectivity index (χ0v) is 13.4. The molecule has 0 aliphatic rings. The van der Waals surface area contributed by atoms with Gasteiger partial charge in [0.05, 0.1) is 30.6 Å². The molecule has 116 valence electrons. The highest BCUT2D eigenvalue weighted by molar-refractivity contribution is 7.17. The number of carbonyl (C=O) groups excluding carboxylic acids is 2. The van der Waals surface area contributed by atoms with Gasteiger partial charge in [-0.25, -0.2) is 4.98 Å². The molecular weight excluding hydrogens is 302 g/mol. The van der Waals surface area contributed by atoms with Crippen LogP contribution in [0.4, 0.5) is 5.69 Å². The van der Waals surface area contributed by atoms with E-state index in [1.807, 2.05) is 20.2 Å². The smallest absolute Gasteiger partial charge is 0.279 e. The molecule has 7 heteroatoms. The van der Waals surface area contributed by atoms with Crippen molar-refractivity contribution in [3.8, 4) is 10.6 Å². The van der Waals surface area contributed by atoms with Gasteiger partial charge in [-0.1, -0.05) is 12.1 Å². The lowest BCUT2D eigenvalue weighted by Gasteiger charge is -2.08. The first-order chi connectivity index (χ1) is 10.4. The van der Waals surface area contributed by atoms with Gasteiger partial charge < -0.3 is 20.1 Å². The van der Waals surface area contributed by atoms with Crippen LogP contribution in [0.1, 0.15) is 15.4 Å². The Morgan fingerprint density at radius 1 is 1.36 bits per heavy atom. The monoisotopic (exact) mass is 319 g/mol. The number of carbonyl (C=O) groups is 2. The van der Waals surface area contributed by atoms with Crippen LogP contribution in [-0.4, -0.2) is 37.5 Å². The SMILES string of the molecule is Cc1nc(-c2cccc(NC(=O)C[NH+](C)C)c2)sc1C(=O)[O-]. The molecule has 0 unspecified atom stereocenters. The van der Waals surface area contributed by atoms with E-state index < -0.39 is 5.97 Å². The van der Waals surface area contributed by atoms with Crippen LogP contribution in [0.2, 0.25) is 0 Å². The van der Waals surface area contributed by atoms with E-state index in [0.717, 1.165) is 21.8 Å². The molecule has 0 bridgehead atoms. The normalized spacial score (nSPS) is 10.7. The van der Waals surface area contributed by atoms with Gasteiger partial charge in [-0.3, -0.25) is 4.79 Å². The predicted molar refractivity (Wildman–Crippen MR) is 82.9 cm³/mol. The van der Waals surface area contributed by atoms with Crippen LogP contribution < -0.4 is 15.3 Å². The molecule has 2 N–H and O–H groups in total. The number of carboxylic acid groups (broad SMARTS) is 1. The lowest BCUT2D eigenvalue weighted by atomic mass is 10.2. The van der Waals surface area contributed by atoms with Gasteiger partial charge >= 0.3 is 0 Å². The molecule has 0 aliphatic carbocycles. The number of thiazole rings is 1. The fourth-order valence-corrected chi connectivity index (χ4v) is 2.86. The molecule has 6 nitrogen and oxygen atoms in total. The molecule has 2 aromatic rings. The number of hydrogen-bond donors (Lipinski definition) is 2. The maximum absolute atomic E-state index is 11.8. The van der Waals surface area contributed by atoms with E-state index in [9.17, 15) is 14.7 Å². The molecule has 1 aromatic carbocycles. The fraction of sp³-hybridized carbons (Fsp3) is 0.267. The predicted octanol–water partition coefficient (Wildman–Crippen LogP) is -0.435. The first kappa shape index (κ1) is 16.1. The summed E-state index contributed by atoms with van der Waals surface area (Å²) >= 11 is 1.07. The van der Waals surface area contributed by atoms with Crippen molar-refractivity contribution in [1.29, 1.82) is 0 Å². The molecule has 1 amide bonds. The third kappa shape index (κ3) is 3.90. The van der Waals surface area contributed by atoms with Crippen molar-refractivity contribution >= 4 is 28.9 Å². The second kappa shape index (κ2) is 6.67. The van der Waals surface area contributed by atoms with Crippen molar-refractivity contribution in [2.75, 3.05) is 26.0 Å². The molecule has 0 saturated carbocycles. The number of aromatic nitrogens is 1. The van der Waals surface area contributed by atoms with Crippen molar-refractivity contribution < 1.29 is 19.6 Å². The number of nitrogens with one attached hydrogen (secondary N) is 2. The third-order valence-corrected chi connectivity index (χ3v) is 4.08. The minimum atomic E-state index is -1.22. The van der Waals surface area contributed by atoms with Crippen LogP contribution in [0.3, 0.4) is 0 Å². The molecule has 0 aliphatic heterocycles. The summed E-state index contributed by atoms with van der Waals surface area (Å²) in [6.07, 6.45) is 0. The first-order valence-corrected chi connectivity index (χ1v) is 7.56. The van der Waals surface area contributed by atoms with Gasteiger partial charge in [0.15, 0.2) is 6.54 Å². The van der Waals surface area contributed by atoms with Crippen molar-refractivity contribution in [3.63, 3.8) is 0 Å². The molecule has 0 fully saturated rings. The number of amides is 1. The summed E-state index contributed by atoms with van der Waals surface area (Å²) < 4.78 is 0. The van der Waals surface area contributed by atoms with Crippen molar-refractivity contribution in [3.05, 3.63) is 34.8 Å². The van der Waals surface area contributed by atoms with Crippen molar-refractivity contribution in [1.82, 2.24) is 4.98 Å². The topological polar surface area (TPSA) is 86.6 Å². The highest BCUT2D eigenvalue weighted by Crippen LogP contribution is 2.29. The fourth-order valence-electron chi connectivity index (χ4n) is 1.97. The molecule has 1 aromatic heterocycles. The Labute approximate surface area is 132 Å². The highest BCUT2D eigenvalue weighted by atomic mass is 32.1. The lowest BCUT2D eigenvalue weighted by molar-refractivity contribution is -0.849. The Morgan fingerprint density at radius 2 is 2.09 bits per heavy atom. The summed E-state index contributed by atoms with van der Waals surface area (Å²) in [5.74, 6) is -1.30. The standard InChI is InChI=1S/C15H17N3O3S/c1-9-13(15(20)21)22-14(16-9)10-5-4-6-11(7-10)17-12(19)8-18(2)3/h4-7H,8H2,1-3H3,(H,17,19)(H,20,21). The van der Waals surface area contributed by atoms with Crippen LogP contribution in [0.15, 0.2) is 24.3 Å². The van der Waals surface area contributed by atoms with E-state index in [1.165, 1.54) is 0 Å². The second-order valence-electron chi connectivity index (χ2n) is 5.23.